The van der Waals surface area contributed by atoms with Crippen LogP contribution in [0.3, 0.4) is 0 Å². The fraction of sp³-hybridized carbons (Fsp3) is 0.318. The minimum Gasteiger partial charge on any atom is -0.423 e. The molecule has 142 valence electrons. The average molecular weight is 440 g/mol. The van der Waals surface area contributed by atoms with Gasteiger partial charge in [-0.1, -0.05) is 22.0 Å². The lowest BCUT2D eigenvalue weighted by Gasteiger charge is -2.19. The van der Waals surface area contributed by atoms with Crippen LogP contribution in [0.1, 0.15) is 29.6 Å². The van der Waals surface area contributed by atoms with Gasteiger partial charge in [0.25, 0.3) is 0 Å². The number of imide groups is 1. The first kappa shape index (κ1) is 17.6. The Labute approximate surface area is 170 Å². The van der Waals surface area contributed by atoms with Crippen molar-refractivity contribution in [3.8, 4) is 5.75 Å². The van der Waals surface area contributed by atoms with E-state index in [1.807, 2.05) is 0 Å². The molecule has 5 nitrogen and oxygen atoms in total. The minimum absolute atomic E-state index is 0.0985. The summed E-state index contributed by atoms with van der Waals surface area (Å²) < 4.78 is 6.33. The molecule has 1 aliphatic heterocycles. The number of benzene rings is 2. The monoisotopic (exact) mass is 439 g/mol. The summed E-state index contributed by atoms with van der Waals surface area (Å²) in [5.41, 5.74) is 0.901. The van der Waals surface area contributed by atoms with Crippen LogP contribution < -0.4 is 9.64 Å². The summed E-state index contributed by atoms with van der Waals surface area (Å²) in [7, 11) is 0. The van der Waals surface area contributed by atoms with Crippen molar-refractivity contribution in [3.05, 3.63) is 58.6 Å². The summed E-state index contributed by atoms with van der Waals surface area (Å²) in [6.45, 7) is 0. The van der Waals surface area contributed by atoms with Crippen molar-refractivity contribution in [3.63, 3.8) is 0 Å². The van der Waals surface area contributed by atoms with E-state index in [2.05, 4.69) is 15.9 Å². The molecule has 28 heavy (non-hydrogen) atoms. The van der Waals surface area contributed by atoms with Gasteiger partial charge in [-0.3, -0.25) is 9.59 Å². The number of fused-ring (bicyclic) bond motifs is 5. The SMILES string of the molecule is O=C(Oc1cccc(N2C(=O)[C@@H]3[C@@H]4CC[C@@H](C4)[C@@H]3C2=O)c1)c1ccc(Br)cc1. The zero-order valence-electron chi connectivity index (χ0n) is 15.0. The third-order valence-electron chi connectivity index (χ3n) is 6.29. The fourth-order valence-electron chi connectivity index (χ4n) is 5.10. The van der Waals surface area contributed by atoms with Crippen molar-refractivity contribution in [2.75, 3.05) is 4.90 Å². The first-order valence-electron chi connectivity index (χ1n) is 9.48. The summed E-state index contributed by atoms with van der Waals surface area (Å²) in [6, 6.07) is 13.5. The number of halogens is 1. The largest absolute Gasteiger partial charge is 0.423 e. The van der Waals surface area contributed by atoms with Crippen molar-refractivity contribution < 1.29 is 19.1 Å². The average Bonchev–Trinajstić information content (AvgIpc) is 3.36. The lowest BCUT2D eigenvalue weighted by molar-refractivity contribution is -0.123. The number of rotatable bonds is 3. The Morgan fingerprint density at radius 2 is 1.61 bits per heavy atom. The Morgan fingerprint density at radius 3 is 2.25 bits per heavy atom. The first-order valence-corrected chi connectivity index (χ1v) is 10.3. The smallest absolute Gasteiger partial charge is 0.343 e. The molecular formula is C22H18BrNO4. The van der Waals surface area contributed by atoms with E-state index >= 15 is 0 Å². The van der Waals surface area contributed by atoms with E-state index in [-0.39, 0.29) is 23.7 Å². The number of hydrogen-bond donors (Lipinski definition) is 0. The van der Waals surface area contributed by atoms with Gasteiger partial charge in [-0.2, -0.15) is 0 Å². The Kier molecular flexibility index (Phi) is 4.12. The predicted octanol–water partition coefficient (Wildman–Crippen LogP) is 4.20. The highest BCUT2D eigenvalue weighted by Crippen LogP contribution is 2.56. The van der Waals surface area contributed by atoms with Gasteiger partial charge in [0.05, 0.1) is 23.1 Å². The van der Waals surface area contributed by atoms with Gasteiger partial charge in [-0.25, -0.2) is 9.69 Å². The highest BCUT2D eigenvalue weighted by atomic mass is 79.9. The van der Waals surface area contributed by atoms with Gasteiger partial charge in [0.15, 0.2) is 0 Å². The molecule has 2 aliphatic carbocycles. The predicted molar refractivity (Wildman–Crippen MR) is 106 cm³/mol. The second-order valence-electron chi connectivity index (χ2n) is 7.79. The van der Waals surface area contributed by atoms with Gasteiger partial charge in [-0.15, -0.1) is 0 Å². The van der Waals surface area contributed by atoms with Gasteiger partial charge in [0.2, 0.25) is 11.8 Å². The molecule has 5 rings (SSSR count). The van der Waals surface area contributed by atoms with E-state index in [9.17, 15) is 14.4 Å². The van der Waals surface area contributed by atoms with Crippen LogP contribution in [0, 0.1) is 23.7 Å². The lowest BCUT2D eigenvalue weighted by Crippen LogP contribution is -2.32. The number of amides is 2. The molecule has 1 heterocycles. The molecule has 0 radical (unpaired) electrons. The van der Waals surface area contributed by atoms with Crippen LogP contribution in [0.5, 0.6) is 5.75 Å². The van der Waals surface area contributed by atoms with Crippen LogP contribution in [0.15, 0.2) is 53.0 Å². The maximum atomic E-state index is 13.0. The molecule has 3 aliphatic rings. The maximum absolute atomic E-state index is 13.0. The van der Waals surface area contributed by atoms with Crippen LogP contribution in [0.25, 0.3) is 0 Å². The molecule has 4 atom stereocenters. The molecule has 0 N–H and O–H groups in total. The van der Waals surface area contributed by atoms with E-state index < -0.39 is 5.97 Å². The number of hydrogen-bond acceptors (Lipinski definition) is 4. The van der Waals surface area contributed by atoms with Gasteiger partial charge in [-0.05, 0) is 67.5 Å². The Morgan fingerprint density at radius 1 is 0.964 bits per heavy atom. The second kappa shape index (κ2) is 6.55. The Balaban J connectivity index is 1.39. The zero-order valence-corrected chi connectivity index (χ0v) is 16.6. The fourth-order valence-corrected chi connectivity index (χ4v) is 5.37. The van der Waals surface area contributed by atoms with Gasteiger partial charge in [0.1, 0.15) is 5.75 Å². The highest BCUT2D eigenvalue weighted by Gasteiger charge is 2.61. The molecular weight excluding hydrogens is 422 g/mol. The van der Waals surface area contributed by atoms with Crippen molar-refractivity contribution in [1.82, 2.24) is 0 Å². The summed E-state index contributed by atoms with van der Waals surface area (Å²) in [4.78, 5) is 39.6. The molecule has 0 unspecified atom stereocenters. The van der Waals surface area contributed by atoms with Gasteiger partial charge in [0, 0.05) is 10.5 Å². The topological polar surface area (TPSA) is 63.7 Å². The number of carbonyl (C=O) groups excluding carboxylic acids is 3. The van der Waals surface area contributed by atoms with Crippen LogP contribution >= 0.6 is 15.9 Å². The standard InChI is InChI=1S/C22H18BrNO4/c23-15-8-6-12(7-9-15)22(27)28-17-3-1-2-16(11-17)24-20(25)18-13-4-5-14(10-13)19(18)21(24)26/h1-3,6-9,11,13-14,18-19H,4-5,10H2/t13-,14+,18-,19+. The van der Waals surface area contributed by atoms with Gasteiger partial charge < -0.3 is 4.74 Å². The molecule has 2 saturated carbocycles. The first-order chi connectivity index (χ1) is 13.5. The molecule has 2 bridgehead atoms. The van der Waals surface area contributed by atoms with E-state index in [4.69, 9.17) is 4.74 Å². The van der Waals surface area contributed by atoms with E-state index in [0.717, 1.165) is 23.7 Å². The van der Waals surface area contributed by atoms with E-state index in [0.29, 0.717) is 28.8 Å². The van der Waals surface area contributed by atoms with E-state index in [1.165, 1.54) is 4.90 Å². The molecule has 1 saturated heterocycles. The Bertz CT molecular complexity index is 958. The van der Waals surface area contributed by atoms with E-state index in [1.54, 1.807) is 48.5 Å². The van der Waals surface area contributed by atoms with Crippen LogP contribution in [-0.2, 0) is 9.59 Å². The summed E-state index contributed by atoms with van der Waals surface area (Å²) >= 11 is 3.33. The van der Waals surface area contributed by atoms with Crippen LogP contribution in [0.4, 0.5) is 5.69 Å². The third kappa shape index (κ3) is 2.70. The minimum atomic E-state index is -0.487. The number of carbonyl (C=O) groups is 3. The normalized spacial score (nSPS) is 28.0. The molecule has 2 amide bonds. The number of anilines is 1. The van der Waals surface area contributed by atoms with Crippen molar-refractivity contribution in [1.29, 1.82) is 0 Å². The van der Waals surface area contributed by atoms with Crippen molar-refractivity contribution >= 4 is 39.4 Å². The summed E-state index contributed by atoms with van der Waals surface area (Å²) in [6.07, 6.45) is 3.10. The number of esters is 1. The molecule has 0 aromatic heterocycles. The quantitative estimate of drug-likeness (QED) is 0.408. The molecule has 0 spiro atoms. The molecule has 3 fully saturated rings. The Hall–Kier alpha value is -2.47. The van der Waals surface area contributed by atoms with Gasteiger partial charge >= 0.3 is 5.97 Å². The van der Waals surface area contributed by atoms with Crippen LogP contribution in [0.2, 0.25) is 0 Å². The third-order valence-corrected chi connectivity index (χ3v) is 6.82. The molecule has 2 aromatic carbocycles. The van der Waals surface area contributed by atoms with Crippen LogP contribution in [-0.4, -0.2) is 17.8 Å². The maximum Gasteiger partial charge on any atom is 0.343 e. The second-order valence-corrected chi connectivity index (χ2v) is 8.71. The zero-order chi connectivity index (χ0) is 19.4. The molecule has 2 aromatic rings. The van der Waals surface area contributed by atoms with Crippen molar-refractivity contribution in [2.45, 2.75) is 19.3 Å². The molecule has 6 heteroatoms. The number of ether oxygens (including phenoxy) is 1. The number of nitrogens with zero attached hydrogens (tertiary/aromatic N) is 1. The lowest BCUT2D eigenvalue weighted by atomic mass is 9.81. The van der Waals surface area contributed by atoms with Crippen molar-refractivity contribution in [2.24, 2.45) is 23.7 Å². The highest BCUT2D eigenvalue weighted by molar-refractivity contribution is 9.10. The summed E-state index contributed by atoms with van der Waals surface area (Å²) in [5, 5.41) is 0. The summed E-state index contributed by atoms with van der Waals surface area (Å²) in [5.74, 6) is -0.0213.